The Balaban J connectivity index is 2.43. The minimum absolute atomic E-state index is 0.117. The van der Waals surface area contributed by atoms with E-state index in [-0.39, 0.29) is 6.10 Å². The predicted octanol–water partition coefficient (Wildman–Crippen LogP) is 2.66. The van der Waals surface area contributed by atoms with Gasteiger partial charge in [0.15, 0.2) is 0 Å². The summed E-state index contributed by atoms with van der Waals surface area (Å²) >= 11 is 0. The van der Waals surface area contributed by atoms with Gasteiger partial charge in [0, 0.05) is 6.04 Å². The molecule has 1 aliphatic heterocycles. The number of piperidine rings is 1. The first-order chi connectivity index (χ1) is 7.19. The molecule has 1 heterocycles. The minimum atomic E-state index is -0.117. The van der Waals surface area contributed by atoms with Crippen molar-refractivity contribution in [2.24, 2.45) is 5.92 Å². The van der Waals surface area contributed by atoms with Crippen LogP contribution in [0.15, 0.2) is 0 Å². The van der Waals surface area contributed by atoms with Crippen molar-refractivity contribution >= 4 is 0 Å². The van der Waals surface area contributed by atoms with Crippen molar-refractivity contribution in [1.82, 2.24) is 4.90 Å². The molecule has 1 rings (SSSR count). The third-order valence-corrected chi connectivity index (χ3v) is 3.73. The third kappa shape index (κ3) is 3.76. The second-order valence-electron chi connectivity index (χ2n) is 5.05. The van der Waals surface area contributed by atoms with E-state index in [9.17, 15) is 5.11 Å². The lowest BCUT2D eigenvalue weighted by Crippen LogP contribution is -2.46. The number of nitrogens with zero attached hydrogens (tertiary/aromatic N) is 1. The predicted molar refractivity (Wildman–Crippen MR) is 65.0 cm³/mol. The fraction of sp³-hybridized carbons (Fsp3) is 1.00. The molecule has 1 aliphatic rings. The smallest absolute Gasteiger partial charge is 0.0695 e. The molecule has 1 N–H and O–H groups in total. The van der Waals surface area contributed by atoms with Crippen molar-refractivity contribution in [3.63, 3.8) is 0 Å². The molecule has 0 bridgehead atoms. The largest absolute Gasteiger partial charge is 0.391 e. The molecule has 90 valence electrons. The molecule has 1 saturated heterocycles. The average molecular weight is 213 g/mol. The zero-order valence-corrected chi connectivity index (χ0v) is 10.6. The van der Waals surface area contributed by atoms with E-state index < -0.39 is 0 Å². The van der Waals surface area contributed by atoms with Crippen LogP contribution in [0.5, 0.6) is 0 Å². The summed E-state index contributed by atoms with van der Waals surface area (Å²) < 4.78 is 0. The number of hydrogen-bond donors (Lipinski definition) is 1. The Morgan fingerprint density at radius 2 is 1.87 bits per heavy atom. The SMILES string of the molecule is CCCC(O)C(CC)N1CCC(C)CC1. The van der Waals surface area contributed by atoms with Gasteiger partial charge in [0.25, 0.3) is 0 Å². The highest BCUT2D eigenvalue weighted by molar-refractivity contribution is 4.81. The first-order valence-corrected chi connectivity index (χ1v) is 6.61. The van der Waals surface area contributed by atoms with Crippen LogP contribution in [0.3, 0.4) is 0 Å². The quantitative estimate of drug-likeness (QED) is 0.759. The Hall–Kier alpha value is -0.0800. The van der Waals surface area contributed by atoms with Crippen molar-refractivity contribution in [2.75, 3.05) is 13.1 Å². The summed E-state index contributed by atoms with van der Waals surface area (Å²) in [5.74, 6) is 0.877. The van der Waals surface area contributed by atoms with Gasteiger partial charge in [0.2, 0.25) is 0 Å². The fourth-order valence-electron chi connectivity index (χ4n) is 2.62. The van der Waals surface area contributed by atoms with Crippen molar-refractivity contribution in [2.45, 2.75) is 65.0 Å². The van der Waals surface area contributed by atoms with Crippen molar-refractivity contribution < 1.29 is 5.11 Å². The lowest BCUT2D eigenvalue weighted by Gasteiger charge is -2.38. The molecule has 0 aromatic carbocycles. The zero-order chi connectivity index (χ0) is 11.3. The molecule has 0 saturated carbocycles. The number of aliphatic hydroxyl groups excluding tert-OH is 1. The summed E-state index contributed by atoms with van der Waals surface area (Å²) in [6.45, 7) is 9.04. The van der Waals surface area contributed by atoms with Gasteiger partial charge in [0.1, 0.15) is 0 Å². The highest BCUT2D eigenvalue weighted by Gasteiger charge is 2.26. The van der Waals surface area contributed by atoms with Crippen LogP contribution in [0.2, 0.25) is 0 Å². The Morgan fingerprint density at radius 1 is 1.27 bits per heavy atom. The normalized spacial score (nSPS) is 24.0. The van der Waals surface area contributed by atoms with Gasteiger partial charge >= 0.3 is 0 Å². The van der Waals surface area contributed by atoms with Crippen LogP contribution in [-0.2, 0) is 0 Å². The molecule has 1 fully saturated rings. The van der Waals surface area contributed by atoms with Crippen LogP contribution in [0, 0.1) is 5.92 Å². The van der Waals surface area contributed by atoms with Crippen molar-refractivity contribution in [3.05, 3.63) is 0 Å². The topological polar surface area (TPSA) is 23.5 Å². The monoisotopic (exact) mass is 213 g/mol. The van der Waals surface area contributed by atoms with Gasteiger partial charge in [0.05, 0.1) is 6.10 Å². The molecule has 2 atom stereocenters. The number of hydrogen-bond acceptors (Lipinski definition) is 2. The molecule has 0 aromatic heterocycles. The Kier molecular flexibility index (Phi) is 5.62. The molecule has 0 radical (unpaired) electrons. The van der Waals surface area contributed by atoms with E-state index in [0.29, 0.717) is 6.04 Å². The van der Waals surface area contributed by atoms with Crippen LogP contribution in [0.25, 0.3) is 0 Å². The molecule has 0 spiro atoms. The summed E-state index contributed by atoms with van der Waals surface area (Å²) in [7, 11) is 0. The molecule has 0 aliphatic carbocycles. The molecular formula is C13H27NO. The number of likely N-dealkylation sites (tertiary alicyclic amines) is 1. The van der Waals surface area contributed by atoms with E-state index in [1.807, 2.05) is 0 Å². The van der Waals surface area contributed by atoms with Gasteiger partial charge in [-0.3, -0.25) is 4.90 Å². The highest BCUT2D eigenvalue weighted by atomic mass is 16.3. The molecule has 0 aromatic rings. The van der Waals surface area contributed by atoms with E-state index >= 15 is 0 Å². The van der Waals surface area contributed by atoms with E-state index in [2.05, 4.69) is 25.7 Å². The number of aliphatic hydroxyl groups is 1. The minimum Gasteiger partial charge on any atom is -0.391 e. The summed E-state index contributed by atoms with van der Waals surface area (Å²) in [4.78, 5) is 2.50. The molecule has 15 heavy (non-hydrogen) atoms. The Bertz CT molecular complexity index is 164. The average Bonchev–Trinajstić information content (AvgIpc) is 2.22. The van der Waals surface area contributed by atoms with Gasteiger partial charge in [-0.15, -0.1) is 0 Å². The van der Waals surface area contributed by atoms with Gasteiger partial charge in [-0.2, -0.15) is 0 Å². The summed E-state index contributed by atoms with van der Waals surface area (Å²) in [5.41, 5.74) is 0. The maximum atomic E-state index is 10.1. The molecule has 2 nitrogen and oxygen atoms in total. The van der Waals surface area contributed by atoms with Crippen LogP contribution < -0.4 is 0 Å². The summed E-state index contributed by atoms with van der Waals surface area (Å²) in [5, 5.41) is 10.1. The first kappa shape index (κ1) is 13.0. The fourth-order valence-corrected chi connectivity index (χ4v) is 2.62. The van der Waals surface area contributed by atoms with Gasteiger partial charge in [-0.1, -0.05) is 27.2 Å². The third-order valence-electron chi connectivity index (χ3n) is 3.73. The van der Waals surface area contributed by atoms with E-state index in [1.54, 1.807) is 0 Å². The van der Waals surface area contributed by atoms with Gasteiger partial charge in [-0.05, 0) is 44.7 Å². The lowest BCUT2D eigenvalue weighted by molar-refractivity contribution is 0.0238. The van der Waals surface area contributed by atoms with E-state index in [0.717, 1.165) is 25.2 Å². The molecular weight excluding hydrogens is 186 g/mol. The van der Waals surface area contributed by atoms with Crippen LogP contribution in [-0.4, -0.2) is 35.2 Å². The van der Waals surface area contributed by atoms with E-state index in [1.165, 1.54) is 25.9 Å². The van der Waals surface area contributed by atoms with Gasteiger partial charge in [-0.25, -0.2) is 0 Å². The van der Waals surface area contributed by atoms with Crippen molar-refractivity contribution in [3.8, 4) is 0 Å². The van der Waals surface area contributed by atoms with Crippen molar-refractivity contribution in [1.29, 1.82) is 0 Å². The Labute approximate surface area is 94.7 Å². The molecule has 2 unspecified atom stereocenters. The molecule has 2 heteroatoms. The lowest BCUT2D eigenvalue weighted by atomic mass is 9.94. The maximum absolute atomic E-state index is 10.1. The molecule has 0 amide bonds. The first-order valence-electron chi connectivity index (χ1n) is 6.61. The number of rotatable bonds is 5. The second kappa shape index (κ2) is 6.49. The van der Waals surface area contributed by atoms with Crippen LogP contribution in [0.4, 0.5) is 0 Å². The summed E-state index contributed by atoms with van der Waals surface area (Å²) in [6.07, 6.45) is 5.60. The summed E-state index contributed by atoms with van der Waals surface area (Å²) in [6, 6.07) is 0.400. The Morgan fingerprint density at radius 3 is 2.33 bits per heavy atom. The van der Waals surface area contributed by atoms with Crippen LogP contribution in [0.1, 0.15) is 52.9 Å². The van der Waals surface area contributed by atoms with Gasteiger partial charge < -0.3 is 5.11 Å². The second-order valence-corrected chi connectivity index (χ2v) is 5.05. The zero-order valence-electron chi connectivity index (χ0n) is 10.6. The standard InChI is InChI=1S/C13H27NO/c1-4-6-13(15)12(5-2)14-9-7-11(3)8-10-14/h11-13,15H,4-10H2,1-3H3. The maximum Gasteiger partial charge on any atom is 0.0695 e. The van der Waals surface area contributed by atoms with E-state index in [4.69, 9.17) is 0 Å². The highest BCUT2D eigenvalue weighted by Crippen LogP contribution is 2.22. The van der Waals surface area contributed by atoms with Crippen LogP contribution >= 0.6 is 0 Å².